The Morgan fingerprint density at radius 1 is 0.840 bits per heavy atom. The Bertz CT molecular complexity index is 3010. The average Bonchev–Trinajstić information content (AvgIpc) is 3.93. The van der Waals surface area contributed by atoms with Crippen molar-refractivity contribution in [2.24, 2.45) is 4.99 Å². The molecule has 244 valence electrons. The van der Waals surface area contributed by atoms with Crippen LogP contribution in [0.4, 0.5) is 23.7 Å². The predicted molar refractivity (Wildman–Crippen MR) is 188 cm³/mol. The Morgan fingerprint density at radius 2 is 1.62 bits per heavy atom. The first kappa shape index (κ1) is 30.4. The van der Waals surface area contributed by atoms with E-state index in [4.69, 9.17) is 4.74 Å². The molecule has 15 heteroatoms. The molecule has 0 saturated heterocycles. The molecular formula is C35H16F3N5O4S3. The van der Waals surface area contributed by atoms with Crippen LogP contribution in [0.15, 0.2) is 99.6 Å². The van der Waals surface area contributed by atoms with E-state index in [1.54, 1.807) is 15.9 Å². The monoisotopic (exact) mass is 723 g/mol. The molecular weight excluding hydrogens is 708 g/mol. The molecule has 0 bridgehead atoms. The van der Waals surface area contributed by atoms with Gasteiger partial charge in [0.1, 0.15) is 34.4 Å². The van der Waals surface area contributed by atoms with Crippen molar-refractivity contribution in [2.75, 3.05) is 0 Å². The number of hydrogen-bond acceptors (Lipinski definition) is 11. The van der Waals surface area contributed by atoms with Gasteiger partial charge >= 0.3 is 12.3 Å². The Balaban J connectivity index is 1.18. The molecule has 0 aliphatic heterocycles. The maximum Gasteiger partial charge on any atom is 0.419 e. The van der Waals surface area contributed by atoms with Crippen LogP contribution in [0, 0.1) is 0 Å². The third-order valence-corrected chi connectivity index (χ3v) is 11.3. The molecule has 9 aromatic rings. The van der Waals surface area contributed by atoms with Gasteiger partial charge in [0.05, 0.1) is 48.8 Å². The fourth-order valence-electron chi connectivity index (χ4n) is 6.05. The summed E-state index contributed by atoms with van der Waals surface area (Å²) in [5.74, 6) is 0. The second-order valence-corrected chi connectivity index (χ2v) is 13.9. The highest BCUT2D eigenvalue weighted by Crippen LogP contribution is 2.47. The SMILES string of the molecule is O=C(OCc1ccccc1)n1c2cc(-c3ncc(/N=c4\c(=O)c(=O)c5cc(C(F)(F)F)ccc45)c4nsnc34)sc2c2sc3ccccc3c21. The Kier molecular flexibility index (Phi) is 6.81. The van der Waals surface area contributed by atoms with Gasteiger partial charge in [0.2, 0.25) is 5.43 Å². The van der Waals surface area contributed by atoms with E-state index in [0.717, 1.165) is 54.4 Å². The second kappa shape index (κ2) is 11.2. The van der Waals surface area contributed by atoms with Crippen molar-refractivity contribution < 1.29 is 22.7 Å². The first-order valence-electron chi connectivity index (χ1n) is 14.8. The van der Waals surface area contributed by atoms with Gasteiger partial charge in [-0.3, -0.25) is 14.6 Å². The summed E-state index contributed by atoms with van der Waals surface area (Å²) in [6.45, 7) is 0.0958. The van der Waals surface area contributed by atoms with Gasteiger partial charge in [0, 0.05) is 20.9 Å². The minimum Gasteiger partial charge on any atom is -0.444 e. The van der Waals surface area contributed by atoms with Crippen molar-refractivity contribution in [3.05, 3.63) is 122 Å². The van der Waals surface area contributed by atoms with Crippen LogP contribution in [0.25, 0.3) is 62.9 Å². The second-order valence-electron chi connectivity index (χ2n) is 11.3. The topological polar surface area (TPSA) is 116 Å². The van der Waals surface area contributed by atoms with E-state index < -0.39 is 28.7 Å². The standard InChI is InChI=1S/C35H16F3N5O4S3/c36-35(37,38)17-10-11-18-20(12-17)30(44)31(45)25(18)40-21-14-39-27(28-26(21)41-50-42-28)24-13-22-32(49-24)33-29(19-8-4-5-9-23(19)48-33)43(22)34(46)47-15-16-6-2-1-3-7-16/h1-14H,15H2/b40-25-. The van der Waals surface area contributed by atoms with Crippen molar-refractivity contribution in [2.45, 2.75) is 12.8 Å². The van der Waals surface area contributed by atoms with Crippen molar-refractivity contribution in [1.82, 2.24) is 18.3 Å². The van der Waals surface area contributed by atoms with E-state index in [1.807, 2.05) is 60.7 Å². The number of pyridine rings is 1. The van der Waals surface area contributed by atoms with Gasteiger partial charge in [-0.1, -0.05) is 54.6 Å². The number of thiophene rings is 2. The summed E-state index contributed by atoms with van der Waals surface area (Å²) in [4.78, 5) is 49.0. The molecule has 50 heavy (non-hydrogen) atoms. The summed E-state index contributed by atoms with van der Waals surface area (Å²) < 4.78 is 58.9. The molecule has 9 rings (SSSR count). The molecule has 0 radical (unpaired) electrons. The number of hydrogen-bond donors (Lipinski definition) is 0. The lowest BCUT2D eigenvalue weighted by Crippen LogP contribution is -2.30. The normalized spacial score (nSPS) is 12.7. The number of alkyl halides is 3. The summed E-state index contributed by atoms with van der Waals surface area (Å²) >= 11 is 3.89. The zero-order valence-electron chi connectivity index (χ0n) is 25.0. The molecule has 0 atom stereocenters. The van der Waals surface area contributed by atoms with E-state index >= 15 is 0 Å². The number of halogens is 3. The van der Waals surface area contributed by atoms with Gasteiger partial charge in [-0.05, 0) is 29.8 Å². The molecule has 0 fully saturated rings. The number of benzene rings is 3. The van der Waals surface area contributed by atoms with Crippen molar-refractivity contribution in [1.29, 1.82) is 0 Å². The highest BCUT2D eigenvalue weighted by Gasteiger charge is 2.31. The van der Waals surface area contributed by atoms with Crippen LogP contribution < -0.4 is 16.2 Å². The molecule has 0 unspecified atom stereocenters. The number of ether oxygens (including phenoxy) is 1. The molecule has 5 heterocycles. The van der Waals surface area contributed by atoms with Crippen LogP contribution in [0.1, 0.15) is 11.1 Å². The van der Waals surface area contributed by atoms with Crippen LogP contribution >= 0.6 is 34.4 Å². The Labute approximate surface area is 288 Å². The summed E-state index contributed by atoms with van der Waals surface area (Å²) in [6.07, 6.45) is -3.83. The van der Waals surface area contributed by atoms with Gasteiger partial charge < -0.3 is 4.74 Å². The van der Waals surface area contributed by atoms with Crippen LogP contribution in [0.5, 0.6) is 0 Å². The zero-order valence-corrected chi connectivity index (χ0v) is 27.5. The number of aromatic nitrogens is 4. The number of nitrogens with zero attached hydrogens (tertiary/aromatic N) is 5. The third kappa shape index (κ3) is 4.69. The minimum atomic E-state index is -4.68. The van der Waals surface area contributed by atoms with Crippen LogP contribution in [0.3, 0.4) is 0 Å². The average molecular weight is 724 g/mol. The highest BCUT2D eigenvalue weighted by molar-refractivity contribution is 7.32. The maximum atomic E-state index is 13.8. The minimum absolute atomic E-state index is 0.00137. The molecule has 0 aliphatic carbocycles. The highest BCUT2D eigenvalue weighted by atomic mass is 32.1. The predicted octanol–water partition coefficient (Wildman–Crippen LogP) is 8.32. The van der Waals surface area contributed by atoms with E-state index in [1.165, 1.54) is 17.5 Å². The molecule has 9 nitrogen and oxygen atoms in total. The van der Waals surface area contributed by atoms with Crippen molar-refractivity contribution >= 4 is 98.5 Å². The van der Waals surface area contributed by atoms with Crippen molar-refractivity contribution in [3.8, 4) is 10.6 Å². The van der Waals surface area contributed by atoms with Gasteiger partial charge in [-0.25, -0.2) is 14.4 Å². The smallest absolute Gasteiger partial charge is 0.419 e. The lowest BCUT2D eigenvalue weighted by molar-refractivity contribution is -0.137. The van der Waals surface area contributed by atoms with Gasteiger partial charge in [-0.15, -0.1) is 22.7 Å². The molecule has 0 spiro atoms. The summed E-state index contributed by atoms with van der Waals surface area (Å²) in [7, 11) is 0. The lowest BCUT2D eigenvalue weighted by Gasteiger charge is -2.07. The molecule has 4 aromatic carbocycles. The molecule has 0 saturated carbocycles. The molecule has 5 aromatic heterocycles. The van der Waals surface area contributed by atoms with E-state index in [2.05, 4.69) is 18.7 Å². The summed E-state index contributed by atoms with van der Waals surface area (Å²) in [5.41, 5.74) is 0.382. The summed E-state index contributed by atoms with van der Waals surface area (Å²) in [5, 5.41) is 0.278. The first-order valence-corrected chi connectivity index (χ1v) is 17.2. The third-order valence-electron chi connectivity index (χ3n) is 8.35. The van der Waals surface area contributed by atoms with Gasteiger partial charge in [0.25, 0.3) is 5.43 Å². The number of rotatable bonds is 4. The van der Waals surface area contributed by atoms with E-state index in [-0.39, 0.29) is 28.4 Å². The summed E-state index contributed by atoms with van der Waals surface area (Å²) in [6, 6.07) is 21.7. The van der Waals surface area contributed by atoms with E-state index in [9.17, 15) is 27.6 Å². The van der Waals surface area contributed by atoms with Crippen LogP contribution in [-0.2, 0) is 17.5 Å². The number of fused-ring (bicyclic) bond motifs is 7. The van der Waals surface area contributed by atoms with Gasteiger partial charge in [0.15, 0.2) is 0 Å². The van der Waals surface area contributed by atoms with E-state index in [0.29, 0.717) is 33.2 Å². The zero-order chi connectivity index (χ0) is 34.3. The van der Waals surface area contributed by atoms with Crippen molar-refractivity contribution in [3.63, 3.8) is 0 Å². The quantitative estimate of drug-likeness (QED) is 0.168. The van der Waals surface area contributed by atoms with Crippen LogP contribution in [0.2, 0.25) is 0 Å². The number of carbonyl (C=O) groups excluding carboxylic acids is 1. The first-order chi connectivity index (χ1) is 24.2. The fourth-order valence-corrected chi connectivity index (χ4v) is 9.07. The lowest BCUT2D eigenvalue weighted by atomic mass is 10.1. The Morgan fingerprint density at radius 3 is 2.44 bits per heavy atom. The molecule has 0 amide bonds. The fraction of sp³-hybridized carbons (Fsp3) is 0.0571. The molecule has 0 N–H and O–H groups in total. The Hall–Kier alpha value is -5.64. The maximum absolute atomic E-state index is 13.8. The number of carbonyl (C=O) groups is 1. The van der Waals surface area contributed by atoms with Gasteiger partial charge in [-0.2, -0.15) is 21.9 Å². The largest absolute Gasteiger partial charge is 0.444 e. The molecule has 0 aliphatic rings. The van der Waals surface area contributed by atoms with Crippen LogP contribution in [-0.4, -0.2) is 24.4 Å².